The van der Waals surface area contributed by atoms with E-state index in [0.29, 0.717) is 64.2 Å². The van der Waals surface area contributed by atoms with Crippen LogP contribution in [0.4, 0.5) is 4.79 Å². The molecule has 14 nitrogen and oxygen atoms in total. The van der Waals surface area contributed by atoms with Gasteiger partial charge in [-0.25, -0.2) is 4.79 Å². The standard InChI is InChI=1S/C31H44IN5O9/c1-19(34-26(38)17-37-11-13-44-14-12-37)28(40)36-25(16-21-3-7-22(43-2)8-4-21)29(41)35-24(27(39)31(32)18-45-31)15-20-5-9-23(10-6-20)46-30(33)42/h3-4,7-8,19-20,23-25H,5-6,9-18H2,1-2H3,(H2,33,42)(H,34,38)(H,35,41)(H,36,40). The summed E-state index contributed by atoms with van der Waals surface area (Å²) in [5.74, 6) is -0.869. The zero-order valence-electron chi connectivity index (χ0n) is 26.3. The molecule has 0 aromatic heterocycles. The van der Waals surface area contributed by atoms with Gasteiger partial charge in [-0.1, -0.05) is 12.1 Å². The van der Waals surface area contributed by atoms with Crippen LogP contribution in [0.5, 0.6) is 5.75 Å². The normalized spacial score (nSPS) is 24.8. The number of nitrogens with one attached hydrogen (secondary N) is 3. The number of benzene rings is 1. The van der Waals surface area contributed by atoms with Crippen molar-refractivity contribution in [2.75, 3.05) is 46.6 Å². The number of methoxy groups -OCH3 is 1. The number of ketones is 1. The first-order valence-corrected chi connectivity index (χ1v) is 16.7. The van der Waals surface area contributed by atoms with Crippen molar-refractivity contribution in [3.8, 4) is 5.75 Å². The van der Waals surface area contributed by atoms with Crippen LogP contribution in [0, 0.1) is 5.92 Å². The smallest absolute Gasteiger partial charge is 0.404 e. The van der Waals surface area contributed by atoms with Crippen molar-refractivity contribution in [1.82, 2.24) is 20.9 Å². The summed E-state index contributed by atoms with van der Waals surface area (Å²) >= 11 is 1.96. The van der Waals surface area contributed by atoms with E-state index in [0.717, 1.165) is 5.56 Å². The van der Waals surface area contributed by atoms with E-state index >= 15 is 0 Å². The first-order valence-electron chi connectivity index (χ1n) is 15.6. The van der Waals surface area contributed by atoms with Crippen LogP contribution in [0.15, 0.2) is 24.3 Å². The Balaban J connectivity index is 1.43. The Hall–Kier alpha value is -3.02. The van der Waals surface area contributed by atoms with E-state index in [1.807, 2.05) is 27.5 Å². The van der Waals surface area contributed by atoms with Crippen molar-refractivity contribution in [1.29, 1.82) is 0 Å². The molecule has 0 spiro atoms. The predicted molar refractivity (Wildman–Crippen MR) is 174 cm³/mol. The van der Waals surface area contributed by atoms with Gasteiger partial charge in [-0.15, -0.1) is 0 Å². The van der Waals surface area contributed by atoms with Gasteiger partial charge in [-0.2, -0.15) is 0 Å². The van der Waals surface area contributed by atoms with Crippen LogP contribution in [0.2, 0.25) is 0 Å². The Labute approximate surface area is 282 Å². The van der Waals surface area contributed by atoms with Crippen molar-refractivity contribution in [3.63, 3.8) is 0 Å². The fourth-order valence-electron chi connectivity index (χ4n) is 5.77. The topological polar surface area (TPSA) is 191 Å². The van der Waals surface area contributed by atoms with E-state index in [9.17, 15) is 24.0 Å². The number of ether oxygens (including phenoxy) is 4. The largest absolute Gasteiger partial charge is 0.497 e. The third-order valence-corrected chi connectivity index (χ3v) is 9.67. The van der Waals surface area contributed by atoms with Gasteiger partial charge in [-0.3, -0.25) is 24.1 Å². The molecule has 15 heteroatoms. The van der Waals surface area contributed by atoms with Crippen molar-refractivity contribution < 1.29 is 42.9 Å². The number of morpholine rings is 1. The van der Waals surface area contributed by atoms with Gasteiger partial charge in [0.1, 0.15) is 23.9 Å². The number of primary amides is 1. The third-order valence-electron chi connectivity index (χ3n) is 8.52. The van der Waals surface area contributed by atoms with Gasteiger partial charge in [0.2, 0.25) is 21.3 Å². The van der Waals surface area contributed by atoms with Gasteiger partial charge in [0, 0.05) is 19.5 Å². The fraction of sp³-hybridized carbons (Fsp3) is 0.645. The number of carbonyl (C=O) groups excluding carboxylic acids is 5. The Morgan fingerprint density at radius 3 is 2.22 bits per heavy atom. The van der Waals surface area contributed by atoms with E-state index in [4.69, 9.17) is 24.7 Å². The second kappa shape index (κ2) is 16.7. The summed E-state index contributed by atoms with van der Waals surface area (Å²) in [5, 5.41) is 8.42. The maximum atomic E-state index is 13.9. The third kappa shape index (κ3) is 10.8. The van der Waals surface area contributed by atoms with Gasteiger partial charge >= 0.3 is 6.09 Å². The van der Waals surface area contributed by atoms with Crippen LogP contribution in [0.3, 0.4) is 0 Å². The monoisotopic (exact) mass is 757 g/mol. The zero-order valence-corrected chi connectivity index (χ0v) is 28.4. The number of halogens is 1. The van der Waals surface area contributed by atoms with Crippen LogP contribution in [0.1, 0.15) is 44.6 Å². The molecule has 4 rings (SSSR count). The molecule has 1 saturated carbocycles. The molecule has 46 heavy (non-hydrogen) atoms. The van der Waals surface area contributed by atoms with Crippen LogP contribution in [-0.2, 0) is 39.8 Å². The van der Waals surface area contributed by atoms with Crippen LogP contribution < -0.4 is 26.4 Å². The molecule has 254 valence electrons. The average Bonchev–Trinajstić information content (AvgIpc) is 3.79. The second-order valence-electron chi connectivity index (χ2n) is 12.0. The summed E-state index contributed by atoms with van der Waals surface area (Å²) < 4.78 is 20.1. The number of amides is 4. The van der Waals surface area contributed by atoms with Crippen LogP contribution >= 0.6 is 22.6 Å². The van der Waals surface area contributed by atoms with E-state index < -0.39 is 39.6 Å². The molecule has 3 aliphatic rings. The molecule has 0 bridgehead atoms. The second-order valence-corrected chi connectivity index (χ2v) is 13.8. The summed E-state index contributed by atoms with van der Waals surface area (Å²) in [6.45, 7) is 4.30. The van der Waals surface area contributed by atoms with Gasteiger partial charge in [0.15, 0.2) is 5.78 Å². The highest BCUT2D eigenvalue weighted by molar-refractivity contribution is 14.1. The SMILES string of the molecule is COc1ccc(CC(NC(=O)C(C)NC(=O)CN2CCOCC2)C(=O)NC(CC2CCC(OC(N)=O)CC2)C(=O)C2(I)CO2)cc1. The number of nitrogens with zero attached hydrogens (tertiary/aromatic N) is 1. The lowest BCUT2D eigenvalue weighted by molar-refractivity contribution is -0.134. The molecule has 0 radical (unpaired) electrons. The Bertz CT molecular complexity index is 1230. The van der Waals surface area contributed by atoms with E-state index in [-0.39, 0.29) is 43.3 Å². The van der Waals surface area contributed by atoms with Crippen molar-refractivity contribution in [2.24, 2.45) is 11.7 Å². The summed E-state index contributed by atoms with van der Waals surface area (Å²) in [6.07, 6.45) is 2.05. The first kappa shape index (κ1) is 35.8. The maximum Gasteiger partial charge on any atom is 0.404 e. The lowest BCUT2D eigenvalue weighted by atomic mass is 9.82. The molecular formula is C31H44IN5O9. The highest BCUT2D eigenvalue weighted by atomic mass is 127. The number of Topliss-reactive ketones (excluding diaryl/α,β-unsaturated/α-hetero) is 1. The highest BCUT2D eigenvalue weighted by Gasteiger charge is 2.52. The van der Waals surface area contributed by atoms with Gasteiger partial charge in [0.05, 0.1) is 39.5 Å². The van der Waals surface area contributed by atoms with Crippen molar-refractivity contribution >= 4 is 52.2 Å². The molecule has 1 aromatic rings. The number of rotatable bonds is 15. The summed E-state index contributed by atoms with van der Waals surface area (Å²) in [4.78, 5) is 66.4. The molecular weight excluding hydrogens is 713 g/mol. The summed E-state index contributed by atoms with van der Waals surface area (Å²) in [7, 11) is 1.55. The summed E-state index contributed by atoms with van der Waals surface area (Å²) in [6, 6.07) is 4.31. The molecule has 2 heterocycles. The minimum atomic E-state index is -1.04. The lowest BCUT2D eigenvalue weighted by Crippen LogP contribution is -2.57. The Kier molecular flexibility index (Phi) is 13.0. The van der Waals surface area contributed by atoms with Gasteiger partial charge in [0.25, 0.3) is 0 Å². The maximum absolute atomic E-state index is 13.9. The van der Waals surface area contributed by atoms with Crippen LogP contribution in [-0.4, -0.2) is 109 Å². The molecule has 2 saturated heterocycles. The van der Waals surface area contributed by atoms with Crippen molar-refractivity contribution in [3.05, 3.63) is 29.8 Å². The molecule has 1 aromatic carbocycles. The predicted octanol–water partition coefficient (Wildman–Crippen LogP) is 0.819. The number of hydrogen-bond acceptors (Lipinski definition) is 10. The van der Waals surface area contributed by atoms with Crippen LogP contribution in [0.25, 0.3) is 0 Å². The molecule has 1 aliphatic carbocycles. The Morgan fingerprint density at radius 1 is 1.00 bits per heavy atom. The fourth-order valence-corrected chi connectivity index (χ4v) is 6.30. The lowest BCUT2D eigenvalue weighted by Gasteiger charge is -2.31. The number of nitrogens with two attached hydrogens (primary N) is 1. The number of hydrogen-bond donors (Lipinski definition) is 4. The molecule has 3 fully saturated rings. The van der Waals surface area contributed by atoms with E-state index in [1.54, 1.807) is 38.3 Å². The minimum absolute atomic E-state index is 0.0945. The Morgan fingerprint density at radius 2 is 1.63 bits per heavy atom. The molecule has 2 aliphatic heterocycles. The first-order chi connectivity index (χ1) is 22.0. The van der Waals surface area contributed by atoms with E-state index in [2.05, 4.69) is 16.0 Å². The van der Waals surface area contributed by atoms with E-state index in [1.165, 1.54) is 0 Å². The van der Waals surface area contributed by atoms with Crippen molar-refractivity contribution in [2.45, 2.75) is 73.3 Å². The molecule has 4 unspecified atom stereocenters. The number of carbonyl (C=O) groups is 5. The quantitative estimate of drug-likeness (QED) is 0.113. The molecule has 4 atom stereocenters. The molecule has 4 amide bonds. The minimum Gasteiger partial charge on any atom is -0.497 e. The molecule has 5 N–H and O–H groups in total. The zero-order chi connectivity index (χ0) is 33.3. The van der Waals surface area contributed by atoms with Gasteiger partial charge < -0.3 is 40.6 Å². The summed E-state index contributed by atoms with van der Waals surface area (Å²) in [5.41, 5.74) is 5.93. The highest BCUT2D eigenvalue weighted by Crippen LogP contribution is 2.38. The number of epoxide rings is 1. The average molecular weight is 758 g/mol. The number of alkyl halides is 1. The van der Waals surface area contributed by atoms with Gasteiger partial charge in [-0.05, 0) is 85.2 Å².